The van der Waals surface area contributed by atoms with Gasteiger partial charge in [-0.2, -0.15) is 0 Å². The van der Waals surface area contributed by atoms with Crippen molar-refractivity contribution in [3.05, 3.63) is 0 Å². The van der Waals surface area contributed by atoms with Crippen molar-refractivity contribution in [1.29, 1.82) is 0 Å². The van der Waals surface area contributed by atoms with Crippen LogP contribution in [0.4, 0.5) is 0 Å². The maximum atomic E-state index is 12.8. The Hall–Kier alpha value is -1.59. The topological polar surface area (TPSA) is 78.9 Å². The van der Waals surface area contributed by atoms with E-state index in [-0.39, 0.29) is 31.1 Å². The Labute approximate surface area is 393 Å². The molecule has 0 saturated carbocycles. The number of carbonyl (C=O) groups is 3. The summed E-state index contributed by atoms with van der Waals surface area (Å²) in [6.45, 7) is 13.7. The molecule has 6 nitrogen and oxygen atoms in total. The summed E-state index contributed by atoms with van der Waals surface area (Å²) in [5.41, 5.74) is 0. The zero-order valence-electron chi connectivity index (χ0n) is 43.4. The van der Waals surface area contributed by atoms with Gasteiger partial charge in [0, 0.05) is 19.3 Å². The maximum Gasteiger partial charge on any atom is 0.306 e. The summed E-state index contributed by atoms with van der Waals surface area (Å²) >= 11 is 0. The van der Waals surface area contributed by atoms with Gasteiger partial charge in [-0.05, 0) is 37.0 Å². The van der Waals surface area contributed by atoms with Crippen LogP contribution < -0.4 is 0 Å². The molecule has 0 bridgehead atoms. The number of unbranched alkanes of at least 4 members (excludes halogenated alkanes) is 32. The zero-order valence-corrected chi connectivity index (χ0v) is 43.4. The highest BCUT2D eigenvalue weighted by atomic mass is 16.6. The Morgan fingerprint density at radius 2 is 0.556 bits per heavy atom. The highest BCUT2D eigenvalue weighted by Gasteiger charge is 2.19. The molecule has 0 saturated heterocycles. The van der Waals surface area contributed by atoms with Gasteiger partial charge in [-0.3, -0.25) is 14.4 Å². The van der Waals surface area contributed by atoms with Crippen LogP contribution in [0.25, 0.3) is 0 Å². The predicted molar refractivity (Wildman–Crippen MR) is 270 cm³/mol. The lowest BCUT2D eigenvalue weighted by Gasteiger charge is -2.18. The number of carbonyl (C=O) groups excluding carboxylic acids is 3. The third kappa shape index (κ3) is 49.7. The fourth-order valence-corrected chi connectivity index (χ4v) is 8.61. The smallest absolute Gasteiger partial charge is 0.306 e. The molecule has 0 heterocycles. The molecular formula is C57H110O6. The average molecular weight is 892 g/mol. The molecule has 0 spiro atoms. The summed E-state index contributed by atoms with van der Waals surface area (Å²) in [6.07, 6.45) is 49.6. The van der Waals surface area contributed by atoms with Gasteiger partial charge in [-0.15, -0.1) is 0 Å². The Kier molecular flexibility index (Phi) is 47.1. The van der Waals surface area contributed by atoms with Gasteiger partial charge in [-0.25, -0.2) is 0 Å². The van der Waals surface area contributed by atoms with Crippen LogP contribution in [0.3, 0.4) is 0 Å². The lowest BCUT2D eigenvalue weighted by atomic mass is 10.00. The van der Waals surface area contributed by atoms with Crippen LogP contribution in [-0.4, -0.2) is 37.2 Å². The van der Waals surface area contributed by atoms with Crippen molar-refractivity contribution >= 4 is 17.9 Å². The van der Waals surface area contributed by atoms with Crippen LogP contribution in [0.2, 0.25) is 0 Å². The maximum absolute atomic E-state index is 12.8. The Bertz CT molecular complexity index is 978. The van der Waals surface area contributed by atoms with Gasteiger partial charge in [0.05, 0.1) is 0 Å². The van der Waals surface area contributed by atoms with Crippen LogP contribution in [0.15, 0.2) is 0 Å². The summed E-state index contributed by atoms with van der Waals surface area (Å²) in [4.78, 5) is 38.0. The molecule has 0 aliphatic heterocycles. The van der Waals surface area contributed by atoms with E-state index in [2.05, 4.69) is 41.5 Å². The number of hydrogen-bond acceptors (Lipinski definition) is 6. The lowest BCUT2D eigenvalue weighted by Crippen LogP contribution is -2.30. The zero-order chi connectivity index (χ0) is 46.3. The fourth-order valence-electron chi connectivity index (χ4n) is 8.61. The van der Waals surface area contributed by atoms with E-state index in [0.717, 1.165) is 75.5 Å². The van der Waals surface area contributed by atoms with E-state index in [9.17, 15) is 14.4 Å². The van der Waals surface area contributed by atoms with Crippen molar-refractivity contribution in [2.45, 2.75) is 317 Å². The van der Waals surface area contributed by atoms with Gasteiger partial charge in [-0.1, -0.05) is 273 Å². The van der Waals surface area contributed by atoms with E-state index in [4.69, 9.17) is 14.2 Å². The molecule has 374 valence electrons. The Morgan fingerprint density at radius 3 is 0.825 bits per heavy atom. The molecule has 0 N–H and O–H groups in total. The second kappa shape index (κ2) is 48.3. The molecule has 0 aromatic carbocycles. The molecule has 0 aromatic rings. The molecule has 6 heteroatoms. The van der Waals surface area contributed by atoms with Gasteiger partial charge in [0.15, 0.2) is 6.10 Å². The van der Waals surface area contributed by atoms with Crippen molar-refractivity contribution in [3.63, 3.8) is 0 Å². The van der Waals surface area contributed by atoms with Crippen molar-refractivity contribution in [2.24, 2.45) is 17.8 Å². The highest BCUT2D eigenvalue weighted by Crippen LogP contribution is 2.18. The SMILES string of the molecule is CCC(C)CCCCCCCCC(=O)O[C@@H](COC(=O)CCCCCCCCCCCCCCCCCC(C)C)COC(=O)CCCCCCCCCCCCCCCCC(C)C. The first-order valence-electron chi connectivity index (χ1n) is 28.1. The molecule has 63 heavy (non-hydrogen) atoms. The van der Waals surface area contributed by atoms with Gasteiger partial charge in [0.1, 0.15) is 13.2 Å². The number of rotatable bonds is 50. The molecule has 1 unspecified atom stereocenters. The predicted octanol–water partition coefficient (Wildman–Crippen LogP) is 18.3. The van der Waals surface area contributed by atoms with Gasteiger partial charge in [0.2, 0.25) is 0 Å². The third-order valence-corrected chi connectivity index (χ3v) is 13.3. The molecule has 0 radical (unpaired) electrons. The highest BCUT2D eigenvalue weighted by molar-refractivity contribution is 5.71. The van der Waals surface area contributed by atoms with Crippen LogP contribution in [0.1, 0.15) is 311 Å². The molecule has 2 atom stereocenters. The molecular weight excluding hydrogens is 781 g/mol. The van der Waals surface area contributed by atoms with Crippen LogP contribution in [0, 0.1) is 17.8 Å². The second-order valence-electron chi connectivity index (χ2n) is 20.8. The number of esters is 3. The Balaban J connectivity index is 4.23. The van der Waals surface area contributed by atoms with Gasteiger partial charge < -0.3 is 14.2 Å². The lowest BCUT2D eigenvalue weighted by molar-refractivity contribution is -0.167. The standard InChI is InChI=1S/C57H110O6/c1-7-53(6)45-39-33-29-30-36-42-48-57(60)63-54(50-62-56(59)47-41-35-28-24-20-16-12-11-14-18-22-26-32-38-44-52(4)5)49-61-55(58)46-40-34-27-23-19-15-10-8-9-13-17-21-25-31-37-43-51(2)3/h51-54H,7-50H2,1-6H3/t53?,54-/m0/s1. The van der Waals surface area contributed by atoms with Crippen LogP contribution in [0.5, 0.6) is 0 Å². The third-order valence-electron chi connectivity index (χ3n) is 13.3. The Morgan fingerprint density at radius 1 is 0.317 bits per heavy atom. The fraction of sp³-hybridized carbons (Fsp3) is 0.947. The average Bonchev–Trinajstić information content (AvgIpc) is 3.25. The first-order chi connectivity index (χ1) is 30.6. The summed E-state index contributed by atoms with van der Waals surface area (Å²) < 4.78 is 16.8. The molecule has 0 amide bonds. The summed E-state index contributed by atoms with van der Waals surface area (Å²) in [5.74, 6) is 1.65. The van der Waals surface area contributed by atoms with Crippen molar-refractivity contribution in [1.82, 2.24) is 0 Å². The molecule has 0 rings (SSSR count). The summed E-state index contributed by atoms with van der Waals surface area (Å²) in [7, 11) is 0. The monoisotopic (exact) mass is 891 g/mol. The number of hydrogen-bond donors (Lipinski definition) is 0. The van der Waals surface area contributed by atoms with Crippen molar-refractivity contribution in [2.75, 3.05) is 13.2 Å². The van der Waals surface area contributed by atoms with E-state index >= 15 is 0 Å². The normalized spacial score (nSPS) is 12.6. The van der Waals surface area contributed by atoms with Crippen LogP contribution >= 0.6 is 0 Å². The quantitative estimate of drug-likeness (QED) is 0.0344. The first kappa shape index (κ1) is 61.4. The van der Waals surface area contributed by atoms with Gasteiger partial charge >= 0.3 is 17.9 Å². The van der Waals surface area contributed by atoms with Gasteiger partial charge in [0.25, 0.3) is 0 Å². The number of ether oxygens (including phenoxy) is 3. The summed E-state index contributed by atoms with van der Waals surface area (Å²) in [5, 5.41) is 0. The minimum Gasteiger partial charge on any atom is -0.462 e. The van der Waals surface area contributed by atoms with Crippen molar-refractivity contribution < 1.29 is 28.6 Å². The molecule has 0 aliphatic rings. The molecule has 0 fully saturated rings. The van der Waals surface area contributed by atoms with E-state index < -0.39 is 6.10 Å². The largest absolute Gasteiger partial charge is 0.462 e. The second-order valence-corrected chi connectivity index (χ2v) is 20.8. The molecule has 0 aliphatic carbocycles. The summed E-state index contributed by atoms with van der Waals surface area (Å²) in [6, 6.07) is 0. The first-order valence-corrected chi connectivity index (χ1v) is 28.1. The molecule has 0 aromatic heterocycles. The minimum atomic E-state index is -0.764. The van der Waals surface area contributed by atoms with Crippen molar-refractivity contribution in [3.8, 4) is 0 Å². The van der Waals surface area contributed by atoms with E-state index in [1.54, 1.807) is 0 Å². The van der Waals surface area contributed by atoms with Crippen LogP contribution in [-0.2, 0) is 28.6 Å². The minimum absolute atomic E-state index is 0.0647. The van der Waals surface area contributed by atoms with E-state index in [0.29, 0.717) is 19.3 Å². The van der Waals surface area contributed by atoms with E-state index in [1.165, 1.54) is 193 Å². The van der Waals surface area contributed by atoms with E-state index in [1.807, 2.05) is 0 Å².